The molecule has 2 saturated heterocycles. The predicted octanol–water partition coefficient (Wildman–Crippen LogP) is 4.81. The molecule has 322 valence electrons. The van der Waals surface area contributed by atoms with Gasteiger partial charge in [-0.3, -0.25) is 19.7 Å². The summed E-state index contributed by atoms with van der Waals surface area (Å²) in [6.07, 6.45) is 2.16. The largest absolute Gasteiger partial charge is 0.495 e. The Labute approximate surface area is 353 Å². The lowest BCUT2D eigenvalue weighted by atomic mass is 9.83. The zero-order chi connectivity index (χ0) is 42.9. The Hall–Kier alpha value is -3.48. The molecular formula is C40H57ClN4O11S2. The van der Waals surface area contributed by atoms with E-state index in [0.717, 1.165) is 23.3 Å². The number of epoxide rings is 1. The standard InChI is InChI=1S/C40H57ClN4O11S2/c1-23-12-10-13-30(53-9)40(51)22-29(54-38(50)43-40)24(2)36-39(4,56-36)31(21-34(48)45(7)27-19-26(18-23)20-28(52-8)35(27)41)55-37(49)25(3)44(6)33(47)15-17-58-57-16-11-14-32(46)42-5/h10,12-13,19-20,24-25,29-31,36,51H,11,14-18,21-22H2,1-9H3,(H,42,46)(H,43,50)/b13-10+,23-12+/t24-,25+,29+,30-,31+,36+,39+,40+/m0/s1. The predicted molar refractivity (Wildman–Crippen MR) is 224 cm³/mol. The maximum Gasteiger partial charge on any atom is 0.409 e. The van der Waals surface area contributed by atoms with Gasteiger partial charge in [0.05, 0.1) is 25.3 Å². The van der Waals surface area contributed by atoms with Crippen LogP contribution in [0.25, 0.3) is 0 Å². The van der Waals surface area contributed by atoms with Crippen LogP contribution in [0.3, 0.4) is 0 Å². The first-order valence-electron chi connectivity index (χ1n) is 19.2. The Balaban J connectivity index is 1.61. The number of carbonyl (C=O) groups is 5. The van der Waals surface area contributed by atoms with Gasteiger partial charge in [-0.25, -0.2) is 9.59 Å². The van der Waals surface area contributed by atoms with Crippen LogP contribution in [-0.2, 0) is 44.5 Å². The number of benzene rings is 1. The molecule has 58 heavy (non-hydrogen) atoms. The van der Waals surface area contributed by atoms with Gasteiger partial charge in [0.15, 0.2) is 5.72 Å². The first kappa shape index (κ1) is 47.2. The van der Waals surface area contributed by atoms with Crippen LogP contribution in [0.2, 0.25) is 5.02 Å². The van der Waals surface area contributed by atoms with Gasteiger partial charge in [-0.05, 0) is 51.3 Å². The summed E-state index contributed by atoms with van der Waals surface area (Å²) in [7, 11) is 10.7. The quantitative estimate of drug-likeness (QED) is 0.106. The van der Waals surface area contributed by atoms with Crippen LogP contribution >= 0.6 is 33.2 Å². The zero-order valence-electron chi connectivity index (χ0n) is 34.6. The average Bonchev–Trinajstić information content (AvgIpc) is 3.89. The molecule has 0 aliphatic carbocycles. The van der Waals surface area contributed by atoms with Crippen LogP contribution in [-0.4, -0.2) is 128 Å². The summed E-state index contributed by atoms with van der Waals surface area (Å²) >= 11 is 6.78. The summed E-state index contributed by atoms with van der Waals surface area (Å²) in [5.74, 6) is -0.380. The van der Waals surface area contributed by atoms with E-state index in [9.17, 15) is 29.1 Å². The molecule has 0 unspecified atom stereocenters. The lowest BCUT2D eigenvalue weighted by Gasteiger charge is -2.42. The molecular weight excluding hydrogens is 812 g/mol. The van der Waals surface area contributed by atoms with Crippen LogP contribution in [0.1, 0.15) is 65.4 Å². The maximum atomic E-state index is 14.2. The molecule has 0 radical (unpaired) electrons. The van der Waals surface area contributed by atoms with Crippen LogP contribution in [0.4, 0.5) is 10.5 Å². The number of amides is 4. The number of allylic oxidation sites excluding steroid dienone is 3. The summed E-state index contributed by atoms with van der Waals surface area (Å²) in [6.45, 7) is 6.98. The minimum absolute atomic E-state index is 0.0163. The molecule has 18 heteroatoms. The number of hydrogen-bond donors (Lipinski definition) is 3. The third-order valence-corrected chi connectivity index (χ3v) is 13.8. The second-order valence-electron chi connectivity index (χ2n) is 15.1. The molecule has 8 atom stereocenters. The second kappa shape index (κ2) is 20.7. The minimum Gasteiger partial charge on any atom is -0.495 e. The second-order valence-corrected chi connectivity index (χ2v) is 18.2. The fourth-order valence-electron chi connectivity index (χ4n) is 7.06. The highest BCUT2D eigenvalue weighted by molar-refractivity contribution is 8.76. The van der Waals surface area contributed by atoms with E-state index < -0.39 is 65.7 Å². The molecule has 2 fully saturated rings. The number of halogens is 1. The summed E-state index contributed by atoms with van der Waals surface area (Å²) < 4.78 is 29.3. The number of hydrogen-bond acceptors (Lipinski definition) is 13. The number of fused-ring (bicyclic) bond motifs is 5. The lowest BCUT2D eigenvalue weighted by molar-refractivity contribution is -0.162. The summed E-state index contributed by atoms with van der Waals surface area (Å²) in [5.41, 5.74) is -0.970. The van der Waals surface area contributed by atoms with E-state index in [-0.39, 0.29) is 36.1 Å². The number of anilines is 1. The SMILES string of the molecule is CNC(=O)CCCSSCCC(=O)N(C)[C@H](C)C(=O)O[C@@H]1CC(=O)N(C)c2cc(cc(OC)c2Cl)C/C(C)=C/C=C/[C@H](OC)[C@]2(O)C[C@@H](OC(=O)N2)[C@H](C)[C@H]2O[C@@]21C. The van der Waals surface area contributed by atoms with E-state index in [2.05, 4.69) is 10.6 Å². The number of likely N-dealkylation sites (N-methyl/N-ethyl adjacent to an activating group) is 1. The van der Waals surface area contributed by atoms with Crippen molar-refractivity contribution in [2.45, 2.75) is 108 Å². The van der Waals surface area contributed by atoms with Crippen molar-refractivity contribution in [3.05, 3.63) is 46.5 Å². The van der Waals surface area contributed by atoms with E-state index in [4.69, 9.17) is 35.3 Å². The molecule has 0 saturated carbocycles. The van der Waals surface area contributed by atoms with Gasteiger partial charge in [0.2, 0.25) is 17.7 Å². The average molecular weight is 870 g/mol. The molecule has 3 N–H and O–H groups in total. The minimum atomic E-state index is -1.84. The lowest BCUT2D eigenvalue weighted by Crippen LogP contribution is -2.63. The van der Waals surface area contributed by atoms with Crippen molar-refractivity contribution in [3.8, 4) is 5.75 Å². The normalized spacial score (nSPS) is 29.4. The number of alkyl carbamates (subject to hydrolysis) is 1. The van der Waals surface area contributed by atoms with Crippen LogP contribution in [0.5, 0.6) is 5.75 Å². The Morgan fingerprint density at radius 1 is 1.19 bits per heavy atom. The molecule has 1 aromatic carbocycles. The number of ether oxygens (including phenoxy) is 5. The molecule has 3 aliphatic heterocycles. The Bertz CT molecular complexity index is 1750. The van der Waals surface area contributed by atoms with Crippen molar-refractivity contribution in [1.82, 2.24) is 15.5 Å². The van der Waals surface area contributed by atoms with Gasteiger partial charge in [0.25, 0.3) is 0 Å². The van der Waals surface area contributed by atoms with Gasteiger partial charge in [0, 0.05) is 64.9 Å². The van der Waals surface area contributed by atoms with Crippen LogP contribution < -0.4 is 20.3 Å². The molecule has 3 heterocycles. The number of esters is 1. The number of methoxy groups -OCH3 is 2. The van der Waals surface area contributed by atoms with Crippen molar-refractivity contribution in [3.63, 3.8) is 0 Å². The van der Waals surface area contributed by atoms with Gasteiger partial charge >= 0.3 is 12.1 Å². The van der Waals surface area contributed by atoms with Crippen molar-refractivity contribution < 1.29 is 52.8 Å². The molecule has 4 amide bonds. The van der Waals surface area contributed by atoms with Crippen molar-refractivity contribution in [1.29, 1.82) is 0 Å². The number of nitrogens with zero attached hydrogens (tertiary/aromatic N) is 2. The molecule has 0 spiro atoms. The van der Waals surface area contributed by atoms with E-state index in [1.54, 1.807) is 69.9 Å². The van der Waals surface area contributed by atoms with Crippen LogP contribution in [0, 0.1) is 5.92 Å². The first-order valence-corrected chi connectivity index (χ1v) is 22.0. The molecule has 4 rings (SSSR count). The Kier molecular flexibility index (Phi) is 16.8. The van der Waals surface area contributed by atoms with E-state index in [1.165, 1.54) is 41.9 Å². The van der Waals surface area contributed by atoms with Gasteiger partial charge in [-0.1, -0.05) is 63.9 Å². The topological polar surface area (TPSA) is 186 Å². The fourth-order valence-corrected chi connectivity index (χ4v) is 9.44. The molecule has 0 aromatic heterocycles. The van der Waals surface area contributed by atoms with Crippen molar-refractivity contribution in [2.24, 2.45) is 5.92 Å². The van der Waals surface area contributed by atoms with Gasteiger partial charge in [-0.15, -0.1) is 0 Å². The Morgan fingerprint density at radius 3 is 2.57 bits per heavy atom. The van der Waals surface area contributed by atoms with Gasteiger partial charge in [-0.2, -0.15) is 0 Å². The smallest absolute Gasteiger partial charge is 0.409 e. The van der Waals surface area contributed by atoms with Gasteiger partial charge < -0.3 is 43.9 Å². The molecule has 4 bridgehead atoms. The summed E-state index contributed by atoms with van der Waals surface area (Å²) in [4.78, 5) is 68.2. The highest BCUT2D eigenvalue weighted by Gasteiger charge is 2.64. The number of rotatable bonds is 13. The zero-order valence-corrected chi connectivity index (χ0v) is 37.0. The van der Waals surface area contributed by atoms with Crippen molar-refractivity contribution >= 4 is 68.7 Å². The molecule has 15 nitrogen and oxygen atoms in total. The third-order valence-electron chi connectivity index (χ3n) is 10.9. The van der Waals surface area contributed by atoms with E-state index >= 15 is 0 Å². The van der Waals surface area contributed by atoms with E-state index in [0.29, 0.717) is 30.0 Å². The molecule has 3 aliphatic rings. The summed E-state index contributed by atoms with van der Waals surface area (Å²) in [5, 5.41) is 17.1. The number of nitrogens with one attached hydrogen (secondary N) is 2. The highest BCUT2D eigenvalue weighted by atomic mass is 35.5. The highest BCUT2D eigenvalue weighted by Crippen LogP contribution is 2.49. The Morgan fingerprint density at radius 2 is 1.90 bits per heavy atom. The van der Waals surface area contributed by atoms with Crippen LogP contribution in [0.15, 0.2) is 35.9 Å². The summed E-state index contributed by atoms with van der Waals surface area (Å²) in [6, 6.07) is 2.57. The van der Waals surface area contributed by atoms with Gasteiger partial charge in [0.1, 0.15) is 40.7 Å². The number of carbonyl (C=O) groups excluding carboxylic acids is 5. The molecule has 1 aromatic rings. The third kappa shape index (κ3) is 11.6. The van der Waals surface area contributed by atoms with E-state index in [1.807, 2.05) is 13.0 Å². The monoisotopic (exact) mass is 868 g/mol. The maximum absolute atomic E-state index is 14.2. The fraction of sp³-hybridized carbons (Fsp3) is 0.625. The number of aliphatic hydroxyl groups is 1. The first-order chi connectivity index (χ1) is 27.4. The van der Waals surface area contributed by atoms with Crippen molar-refractivity contribution in [2.75, 3.05) is 51.8 Å².